The SMILES string of the molecule is Cc1c(N2C(=O)N[C@H](Cc3c[nH]n(C)c3=O)C2=O)c(=O)n(-c2ccccc2)n1C. The van der Waals surface area contributed by atoms with Crippen LogP contribution in [0.25, 0.3) is 5.69 Å². The van der Waals surface area contributed by atoms with Crippen molar-refractivity contribution in [2.75, 3.05) is 4.90 Å². The van der Waals surface area contributed by atoms with Gasteiger partial charge in [0.2, 0.25) is 0 Å². The molecule has 0 radical (unpaired) electrons. The summed E-state index contributed by atoms with van der Waals surface area (Å²) < 4.78 is 4.29. The Balaban J connectivity index is 1.73. The van der Waals surface area contributed by atoms with Crippen molar-refractivity contribution in [1.82, 2.24) is 24.5 Å². The molecule has 2 N–H and O–H groups in total. The molecule has 3 amide bonds. The van der Waals surface area contributed by atoms with Crippen LogP contribution in [0.4, 0.5) is 10.5 Å². The quantitative estimate of drug-likeness (QED) is 0.612. The number of anilines is 1. The number of benzene rings is 1. The summed E-state index contributed by atoms with van der Waals surface area (Å²) in [4.78, 5) is 51.6. The molecule has 3 heterocycles. The van der Waals surface area contributed by atoms with Gasteiger partial charge < -0.3 is 10.4 Å². The average Bonchev–Trinajstić information content (AvgIpc) is 3.24. The van der Waals surface area contributed by atoms with Gasteiger partial charge in [0.1, 0.15) is 11.7 Å². The molecule has 1 atom stereocenters. The number of nitrogens with zero attached hydrogens (tertiary/aromatic N) is 4. The van der Waals surface area contributed by atoms with E-state index >= 15 is 0 Å². The fraction of sp³-hybridized carbons (Fsp3) is 0.263. The van der Waals surface area contributed by atoms with Gasteiger partial charge in [0.05, 0.1) is 11.4 Å². The molecule has 0 bridgehead atoms. The monoisotopic (exact) mass is 396 g/mol. The summed E-state index contributed by atoms with van der Waals surface area (Å²) in [5, 5.41) is 5.32. The van der Waals surface area contributed by atoms with Crippen LogP contribution in [0.15, 0.2) is 46.1 Å². The van der Waals surface area contributed by atoms with Crippen molar-refractivity contribution in [1.29, 1.82) is 0 Å². The van der Waals surface area contributed by atoms with Gasteiger partial charge in [0.15, 0.2) is 0 Å². The van der Waals surface area contributed by atoms with Crippen molar-refractivity contribution < 1.29 is 9.59 Å². The molecule has 1 fully saturated rings. The highest BCUT2D eigenvalue weighted by atomic mass is 16.2. The molecular weight excluding hydrogens is 376 g/mol. The van der Waals surface area contributed by atoms with E-state index in [1.54, 1.807) is 50.0 Å². The third-order valence-electron chi connectivity index (χ3n) is 5.20. The summed E-state index contributed by atoms with van der Waals surface area (Å²) in [6.07, 6.45) is 1.54. The number of aromatic nitrogens is 4. The highest BCUT2D eigenvalue weighted by Crippen LogP contribution is 2.23. The predicted molar refractivity (Wildman–Crippen MR) is 105 cm³/mol. The highest BCUT2D eigenvalue weighted by Gasteiger charge is 2.42. The van der Waals surface area contributed by atoms with E-state index in [9.17, 15) is 19.2 Å². The van der Waals surface area contributed by atoms with Gasteiger partial charge in [0, 0.05) is 32.3 Å². The molecule has 2 aromatic heterocycles. The van der Waals surface area contributed by atoms with Crippen LogP contribution in [-0.4, -0.2) is 37.1 Å². The number of para-hydroxylation sites is 1. The van der Waals surface area contributed by atoms with Crippen LogP contribution in [0.3, 0.4) is 0 Å². The third-order valence-corrected chi connectivity index (χ3v) is 5.20. The summed E-state index contributed by atoms with van der Waals surface area (Å²) in [5.41, 5.74) is 0.725. The fourth-order valence-electron chi connectivity index (χ4n) is 3.57. The molecule has 1 aliphatic rings. The lowest BCUT2D eigenvalue weighted by Crippen LogP contribution is -2.36. The smallest absolute Gasteiger partial charge is 0.325 e. The number of H-pyrrole nitrogens is 1. The van der Waals surface area contributed by atoms with Crippen molar-refractivity contribution in [3.63, 3.8) is 0 Å². The topological polar surface area (TPSA) is 114 Å². The lowest BCUT2D eigenvalue weighted by atomic mass is 10.1. The summed E-state index contributed by atoms with van der Waals surface area (Å²) >= 11 is 0. The number of aromatic amines is 1. The van der Waals surface area contributed by atoms with E-state index in [-0.39, 0.29) is 17.7 Å². The number of carbonyl (C=O) groups excluding carboxylic acids is 2. The minimum absolute atomic E-state index is 0.00308. The molecule has 1 aliphatic heterocycles. The van der Waals surface area contributed by atoms with Crippen LogP contribution in [0.2, 0.25) is 0 Å². The van der Waals surface area contributed by atoms with Crippen molar-refractivity contribution >= 4 is 17.6 Å². The molecule has 4 rings (SSSR count). The zero-order chi connectivity index (χ0) is 20.9. The Hall–Kier alpha value is -3.82. The number of urea groups is 1. The Morgan fingerprint density at radius 2 is 1.69 bits per heavy atom. The molecule has 1 aromatic carbocycles. The van der Waals surface area contributed by atoms with E-state index in [0.717, 1.165) is 4.90 Å². The highest BCUT2D eigenvalue weighted by molar-refractivity contribution is 6.21. The van der Waals surface area contributed by atoms with Gasteiger partial charge in [-0.05, 0) is 19.1 Å². The van der Waals surface area contributed by atoms with Gasteiger partial charge in [-0.1, -0.05) is 18.2 Å². The second-order valence-corrected chi connectivity index (χ2v) is 6.95. The zero-order valence-electron chi connectivity index (χ0n) is 16.2. The summed E-state index contributed by atoms with van der Waals surface area (Å²) in [5.74, 6) is -0.565. The minimum Gasteiger partial charge on any atom is -0.325 e. The first-order valence-electron chi connectivity index (χ1n) is 9.03. The number of amides is 3. The van der Waals surface area contributed by atoms with Crippen LogP contribution in [0, 0.1) is 6.92 Å². The first-order valence-corrected chi connectivity index (χ1v) is 9.03. The normalized spacial score (nSPS) is 16.5. The molecular formula is C19H20N6O4. The van der Waals surface area contributed by atoms with Gasteiger partial charge in [0.25, 0.3) is 17.0 Å². The van der Waals surface area contributed by atoms with Crippen LogP contribution in [0.5, 0.6) is 0 Å². The first kappa shape index (κ1) is 18.5. The maximum Gasteiger partial charge on any atom is 0.329 e. The Morgan fingerprint density at radius 1 is 1.00 bits per heavy atom. The van der Waals surface area contributed by atoms with E-state index < -0.39 is 23.5 Å². The molecule has 0 spiro atoms. The second kappa shape index (κ2) is 6.66. The van der Waals surface area contributed by atoms with Gasteiger partial charge in [-0.3, -0.25) is 23.7 Å². The zero-order valence-corrected chi connectivity index (χ0v) is 16.2. The number of hydrogen-bond donors (Lipinski definition) is 2. The van der Waals surface area contributed by atoms with E-state index in [1.807, 2.05) is 6.07 Å². The van der Waals surface area contributed by atoms with Crippen LogP contribution < -0.4 is 21.3 Å². The predicted octanol–water partition coefficient (Wildman–Crippen LogP) is 0.179. The van der Waals surface area contributed by atoms with Gasteiger partial charge in [-0.15, -0.1) is 0 Å². The maximum absolute atomic E-state index is 13.1. The van der Waals surface area contributed by atoms with Crippen LogP contribution in [0.1, 0.15) is 11.3 Å². The number of carbonyl (C=O) groups is 2. The Labute approximate surface area is 164 Å². The minimum atomic E-state index is -0.921. The first-order chi connectivity index (χ1) is 13.8. The van der Waals surface area contributed by atoms with Gasteiger partial charge in [-0.25, -0.2) is 14.4 Å². The van der Waals surface area contributed by atoms with Gasteiger partial charge >= 0.3 is 6.03 Å². The Morgan fingerprint density at radius 3 is 2.31 bits per heavy atom. The molecule has 29 heavy (non-hydrogen) atoms. The summed E-state index contributed by atoms with van der Waals surface area (Å²) in [6.45, 7) is 1.67. The van der Waals surface area contributed by atoms with Gasteiger partial charge in [-0.2, -0.15) is 0 Å². The Kier molecular flexibility index (Phi) is 4.26. The fourth-order valence-corrected chi connectivity index (χ4v) is 3.57. The van der Waals surface area contributed by atoms with E-state index in [2.05, 4.69) is 10.4 Å². The third kappa shape index (κ3) is 2.80. The summed E-state index contributed by atoms with van der Waals surface area (Å²) in [7, 11) is 3.25. The van der Waals surface area contributed by atoms with Crippen LogP contribution >= 0.6 is 0 Å². The number of nitrogens with one attached hydrogen (secondary N) is 2. The van der Waals surface area contributed by atoms with Crippen molar-refractivity contribution in [3.8, 4) is 5.69 Å². The van der Waals surface area contributed by atoms with E-state index in [1.165, 1.54) is 15.6 Å². The Bertz CT molecular complexity index is 1230. The lowest BCUT2D eigenvalue weighted by Gasteiger charge is -2.11. The molecule has 150 valence electrons. The average molecular weight is 396 g/mol. The molecule has 0 saturated carbocycles. The maximum atomic E-state index is 13.1. The lowest BCUT2D eigenvalue weighted by molar-refractivity contribution is -0.118. The van der Waals surface area contributed by atoms with Crippen molar-refractivity contribution in [2.24, 2.45) is 14.1 Å². The van der Waals surface area contributed by atoms with Crippen molar-refractivity contribution in [3.05, 3.63) is 68.5 Å². The molecule has 1 saturated heterocycles. The number of hydrogen-bond acceptors (Lipinski definition) is 4. The molecule has 10 nitrogen and oxygen atoms in total. The van der Waals surface area contributed by atoms with Crippen LogP contribution in [-0.2, 0) is 25.3 Å². The second-order valence-electron chi connectivity index (χ2n) is 6.95. The largest absolute Gasteiger partial charge is 0.329 e. The number of rotatable bonds is 4. The number of aryl methyl sites for hydroxylation is 1. The summed E-state index contributed by atoms with van der Waals surface area (Å²) in [6, 6.07) is 7.35. The molecule has 10 heteroatoms. The molecule has 3 aromatic rings. The molecule has 0 aliphatic carbocycles. The standard InChI is InChI=1S/C19H20N6O4/c1-11-15(18(28)25(23(11)3)13-7-5-4-6-8-13)24-17(27)14(21-19(24)29)9-12-10-20-22(2)16(12)26/h4-8,10,14,20H,9H2,1-3H3,(H,21,29)/t14-/m1/s1. The molecule has 0 unspecified atom stereocenters. The van der Waals surface area contributed by atoms with Crippen molar-refractivity contribution in [2.45, 2.75) is 19.4 Å². The number of imide groups is 1. The van der Waals surface area contributed by atoms with E-state index in [0.29, 0.717) is 16.9 Å². The van der Waals surface area contributed by atoms with E-state index in [4.69, 9.17) is 0 Å².